The topological polar surface area (TPSA) is 76.0 Å². The van der Waals surface area contributed by atoms with Crippen LogP contribution in [-0.4, -0.2) is 21.6 Å². The first-order valence-corrected chi connectivity index (χ1v) is 6.80. The Morgan fingerprint density at radius 2 is 2.10 bits per heavy atom. The van der Waals surface area contributed by atoms with E-state index in [0.29, 0.717) is 12.3 Å². The van der Waals surface area contributed by atoms with Gasteiger partial charge in [0.25, 0.3) is 5.91 Å². The predicted octanol–water partition coefficient (Wildman–Crippen LogP) is 1.00. The minimum absolute atomic E-state index is 0.100. The van der Waals surface area contributed by atoms with Crippen LogP contribution < -0.4 is 10.9 Å². The largest absolute Gasteiger partial charge is 0.273 e. The Bertz CT molecular complexity index is 533. The summed E-state index contributed by atoms with van der Waals surface area (Å²) in [5.74, 6) is -0.155. The Kier molecular flexibility index (Phi) is 4.55. The van der Waals surface area contributed by atoms with Crippen LogP contribution in [0, 0.1) is 19.8 Å². The van der Waals surface area contributed by atoms with Crippen molar-refractivity contribution in [3.63, 3.8) is 0 Å². The highest BCUT2D eigenvalue weighted by Gasteiger charge is 2.14. The molecule has 0 spiro atoms. The standard InChI is InChI=1S/C14H20N4O2/c1-10-7-11(2)18(17-10)9-14(20)16-15-13(19)8-12-5-3-4-6-12/h3,5,7,12H,4,6,8-9H2,1-2H3,(H,15,19)(H,16,20)/t12-/m0/s1. The summed E-state index contributed by atoms with van der Waals surface area (Å²) < 4.78 is 1.61. The van der Waals surface area contributed by atoms with E-state index in [1.54, 1.807) is 4.68 Å². The molecule has 2 rings (SSSR count). The molecule has 2 amide bonds. The van der Waals surface area contributed by atoms with E-state index in [0.717, 1.165) is 24.2 Å². The number of hydrogen-bond acceptors (Lipinski definition) is 3. The van der Waals surface area contributed by atoms with Gasteiger partial charge in [-0.15, -0.1) is 0 Å². The minimum atomic E-state index is -0.286. The molecule has 0 bridgehead atoms. The number of carbonyl (C=O) groups is 2. The third kappa shape index (κ3) is 3.94. The maximum absolute atomic E-state index is 11.7. The number of hydrazine groups is 1. The van der Waals surface area contributed by atoms with E-state index < -0.39 is 0 Å². The van der Waals surface area contributed by atoms with Crippen LogP contribution in [0.3, 0.4) is 0 Å². The van der Waals surface area contributed by atoms with Crippen LogP contribution >= 0.6 is 0 Å². The number of carbonyl (C=O) groups excluding carboxylic acids is 2. The summed E-state index contributed by atoms with van der Waals surface area (Å²) in [5.41, 5.74) is 6.64. The first kappa shape index (κ1) is 14.3. The second-order valence-electron chi connectivity index (χ2n) is 5.15. The van der Waals surface area contributed by atoms with Crippen LogP contribution in [0.15, 0.2) is 18.2 Å². The Hall–Kier alpha value is -2.11. The van der Waals surface area contributed by atoms with Gasteiger partial charge >= 0.3 is 0 Å². The van der Waals surface area contributed by atoms with Crippen molar-refractivity contribution in [3.05, 3.63) is 29.6 Å². The number of amides is 2. The van der Waals surface area contributed by atoms with Crippen LogP contribution in [0.5, 0.6) is 0 Å². The molecule has 6 nitrogen and oxygen atoms in total. The van der Waals surface area contributed by atoms with Gasteiger partial charge in [-0.3, -0.25) is 25.1 Å². The van der Waals surface area contributed by atoms with Crippen LogP contribution in [0.2, 0.25) is 0 Å². The monoisotopic (exact) mass is 276 g/mol. The molecule has 0 saturated carbocycles. The lowest BCUT2D eigenvalue weighted by Gasteiger charge is -2.10. The lowest BCUT2D eigenvalue weighted by atomic mass is 10.1. The second kappa shape index (κ2) is 6.36. The molecule has 1 atom stereocenters. The molecule has 6 heteroatoms. The molecule has 0 aromatic carbocycles. The summed E-state index contributed by atoms with van der Waals surface area (Å²) in [6, 6.07) is 1.90. The highest BCUT2D eigenvalue weighted by molar-refractivity contribution is 5.82. The number of aryl methyl sites for hydroxylation is 2. The predicted molar refractivity (Wildman–Crippen MR) is 74.5 cm³/mol. The third-order valence-corrected chi connectivity index (χ3v) is 3.30. The van der Waals surface area contributed by atoms with Crippen molar-refractivity contribution in [1.82, 2.24) is 20.6 Å². The van der Waals surface area contributed by atoms with Gasteiger partial charge < -0.3 is 0 Å². The van der Waals surface area contributed by atoms with E-state index in [1.807, 2.05) is 19.9 Å². The summed E-state index contributed by atoms with van der Waals surface area (Å²) in [6.45, 7) is 3.86. The molecular weight excluding hydrogens is 256 g/mol. The van der Waals surface area contributed by atoms with Crippen molar-refractivity contribution < 1.29 is 9.59 Å². The molecule has 0 fully saturated rings. The summed E-state index contributed by atoms with van der Waals surface area (Å²) in [6.07, 6.45) is 6.59. The van der Waals surface area contributed by atoms with Gasteiger partial charge in [-0.25, -0.2) is 0 Å². The van der Waals surface area contributed by atoms with Crippen molar-refractivity contribution in [1.29, 1.82) is 0 Å². The molecular formula is C14H20N4O2. The molecule has 0 aliphatic heterocycles. The van der Waals surface area contributed by atoms with Crippen molar-refractivity contribution in [2.45, 2.75) is 39.7 Å². The van der Waals surface area contributed by atoms with Gasteiger partial charge in [0.2, 0.25) is 5.91 Å². The molecule has 0 saturated heterocycles. The molecule has 1 aromatic rings. The van der Waals surface area contributed by atoms with Crippen molar-refractivity contribution in [3.8, 4) is 0 Å². The quantitative estimate of drug-likeness (QED) is 0.636. The Morgan fingerprint density at radius 3 is 2.70 bits per heavy atom. The lowest BCUT2D eigenvalue weighted by molar-refractivity contribution is -0.129. The lowest BCUT2D eigenvalue weighted by Crippen LogP contribution is -2.43. The number of aromatic nitrogens is 2. The van der Waals surface area contributed by atoms with Crippen LogP contribution in [-0.2, 0) is 16.1 Å². The molecule has 0 unspecified atom stereocenters. The molecule has 20 heavy (non-hydrogen) atoms. The fourth-order valence-corrected chi connectivity index (χ4v) is 2.30. The minimum Gasteiger partial charge on any atom is -0.273 e. The smallest absolute Gasteiger partial charge is 0.260 e. The average molecular weight is 276 g/mol. The third-order valence-electron chi connectivity index (χ3n) is 3.30. The number of allylic oxidation sites excluding steroid dienone is 2. The zero-order chi connectivity index (χ0) is 14.5. The van der Waals surface area contributed by atoms with Gasteiger partial charge in [0, 0.05) is 12.1 Å². The van der Waals surface area contributed by atoms with E-state index in [2.05, 4.69) is 28.1 Å². The summed E-state index contributed by atoms with van der Waals surface area (Å²) in [4.78, 5) is 23.4. The maximum atomic E-state index is 11.7. The Balaban J connectivity index is 1.73. The zero-order valence-electron chi connectivity index (χ0n) is 11.8. The number of rotatable bonds is 4. The highest BCUT2D eigenvalue weighted by atomic mass is 16.2. The average Bonchev–Trinajstić information content (AvgIpc) is 2.98. The van der Waals surface area contributed by atoms with Gasteiger partial charge in [0.15, 0.2) is 0 Å². The first-order valence-electron chi connectivity index (χ1n) is 6.80. The molecule has 2 N–H and O–H groups in total. The van der Waals surface area contributed by atoms with E-state index >= 15 is 0 Å². The number of nitrogens with zero attached hydrogens (tertiary/aromatic N) is 2. The second-order valence-corrected chi connectivity index (χ2v) is 5.15. The van der Waals surface area contributed by atoms with Gasteiger partial charge in [-0.1, -0.05) is 12.2 Å². The fourth-order valence-electron chi connectivity index (χ4n) is 2.30. The van der Waals surface area contributed by atoms with E-state index in [1.165, 1.54) is 0 Å². The van der Waals surface area contributed by atoms with Crippen LogP contribution in [0.1, 0.15) is 30.7 Å². The molecule has 1 heterocycles. The molecule has 108 valence electrons. The van der Waals surface area contributed by atoms with Crippen LogP contribution in [0.25, 0.3) is 0 Å². The van der Waals surface area contributed by atoms with Gasteiger partial charge in [0.1, 0.15) is 6.54 Å². The maximum Gasteiger partial charge on any atom is 0.260 e. The van der Waals surface area contributed by atoms with Crippen LogP contribution in [0.4, 0.5) is 0 Å². The van der Waals surface area contributed by atoms with E-state index in [-0.39, 0.29) is 18.4 Å². The first-order chi connectivity index (χ1) is 9.54. The SMILES string of the molecule is Cc1cc(C)n(CC(=O)NNC(=O)C[C@H]2C=CCC2)n1. The van der Waals surface area contributed by atoms with E-state index in [4.69, 9.17) is 0 Å². The highest BCUT2D eigenvalue weighted by Crippen LogP contribution is 2.19. The molecule has 1 aliphatic rings. The molecule has 1 aliphatic carbocycles. The summed E-state index contributed by atoms with van der Waals surface area (Å²) >= 11 is 0. The van der Waals surface area contributed by atoms with Crippen molar-refractivity contribution >= 4 is 11.8 Å². The Labute approximate surface area is 118 Å². The van der Waals surface area contributed by atoms with Crippen molar-refractivity contribution in [2.75, 3.05) is 0 Å². The summed E-state index contributed by atoms with van der Waals surface area (Å²) in [5, 5.41) is 4.19. The fraction of sp³-hybridized carbons (Fsp3) is 0.500. The van der Waals surface area contributed by atoms with Gasteiger partial charge in [-0.05, 0) is 38.7 Å². The number of nitrogens with one attached hydrogen (secondary N) is 2. The molecule has 0 radical (unpaired) electrons. The van der Waals surface area contributed by atoms with E-state index in [9.17, 15) is 9.59 Å². The van der Waals surface area contributed by atoms with Crippen molar-refractivity contribution in [2.24, 2.45) is 5.92 Å². The van der Waals surface area contributed by atoms with Gasteiger partial charge in [-0.2, -0.15) is 5.10 Å². The van der Waals surface area contributed by atoms with Gasteiger partial charge in [0.05, 0.1) is 5.69 Å². The summed E-state index contributed by atoms with van der Waals surface area (Å²) in [7, 11) is 0. The molecule has 1 aromatic heterocycles. The Morgan fingerprint density at radius 1 is 1.35 bits per heavy atom. The normalized spacial score (nSPS) is 17.2. The zero-order valence-corrected chi connectivity index (χ0v) is 11.8. The number of hydrogen-bond donors (Lipinski definition) is 2.